The van der Waals surface area contributed by atoms with E-state index < -0.39 is 0 Å². The molecule has 0 unspecified atom stereocenters. The minimum atomic E-state index is -0.277. The number of anilines is 3. The Morgan fingerprint density at radius 2 is 1.84 bits per heavy atom. The van der Waals surface area contributed by atoms with E-state index in [4.69, 9.17) is 5.11 Å². The summed E-state index contributed by atoms with van der Waals surface area (Å²) in [5, 5.41) is 15.1. The highest BCUT2D eigenvalue weighted by Gasteiger charge is 2.08. The third-order valence-electron chi connectivity index (χ3n) is 3.63. The number of hydrogen-bond acceptors (Lipinski definition) is 5. The molecule has 3 aromatic rings. The molecule has 0 aliphatic rings. The highest BCUT2D eigenvalue weighted by molar-refractivity contribution is 5.67. The maximum Gasteiger partial charge on any atom is 0.225 e. The molecule has 6 heteroatoms. The Bertz CT molecular complexity index is 855. The Labute approximate surface area is 145 Å². The predicted octanol–water partition coefficient (Wildman–Crippen LogP) is 3.74. The average molecular weight is 338 g/mol. The van der Waals surface area contributed by atoms with Gasteiger partial charge in [-0.2, -0.15) is 4.98 Å². The van der Waals surface area contributed by atoms with E-state index in [9.17, 15) is 4.39 Å². The Morgan fingerprint density at radius 1 is 1.04 bits per heavy atom. The lowest BCUT2D eigenvalue weighted by atomic mass is 10.1. The summed E-state index contributed by atoms with van der Waals surface area (Å²) >= 11 is 0. The summed E-state index contributed by atoms with van der Waals surface area (Å²) in [5.41, 5.74) is 2.86. The second-order valence-corrected chi connectivity index (χ2v) is 5.57. The molecule has 0 radical (unpaired) electrons. The maximum absolute atomic E-state index is 13.8. The molecule has 0 amide bonds. The predicted molar refractivity (Wildman–Crippen MR) is 97.5 cm³/mol. The molecule has 0 saturated heterocycles. The van der Waals surface area contributed by atoms with Crippen molar-refractivity contribution in [1.82, 2.24) is 9.97 Å². The first kappa shape index (κ1) is 16.9. The van der Waals surface area contributed by atoms with Gasteiger partial charge < -0.3 is 15.7 Å². The first-order chi connectivity index (χ1) is 12.2. The zero-order valence-corrected chi connectivity index (χ0v) is 13.8. The van der Waals surface area contributed by atoms with Crippen molar-refractivity contribution in [2.75, 3.05) is 23.8 Å². The minimum Gasteiger partial charge on any atom is -0.395 e. The first-order valence-corrected chi connectivity index (χ1v) is 7.98. The van der Waals surface area contributed by atoms with E-state index in [1.165, 1.54) is 6.07 Å². The summed E-state index contributed by atoms with van der Waals surface area (Å²) in [4.78, 5) is 8.84. The highest BCUT2D eigenvalue weighted by atomic mass is 19.1. The molecule has 1 aromatic heterocycles. The van der Waals surface area contributed by atoms with Gasteiger partial charge in [-0.05, 0) is 24.6 Å². The third kappa shape index (κ3) is 4.30. The summed E-state index contributed by atoms with van der Waals surface area (Å²) < 4.78 is 13.8. The smallest absolute Gasteiger partial charge is 0.225 e. The molecule has 1 heterocycles. The molecule has 0 spiro atoms. The molecule has 0 saturated carbocycles. The van der Waals surface area contributed by atoms with Gasteiger partial charge in [0, 0.05) is 23.9 Å². The van der Waals surface area contributed by atoms with Gasteiger partial charge in [0.2, 0.25) is 5.95 Å². The van der Waals surface area contributed by atoms with E-state index in [1.54, 1.807) is 25.1 Å². The van der Waals surface area contributed by atoms with Crippen LogP contribution in [0.3, 0.4) is 0 Å². The van der Waals surface area contributed by atoms with Gasteiger partial charge in [0.05, 0.1) is 12.3 Å². The van der Waals surface area contributed by atoms with Gasteiger partial charge in [0.1, 0.15) is 11.6 Å². The number of aryl methyl sites for hydroxylation is 1. The van der Waals surface area contributed by atoms with Crippen molar-refractivity contribution in [3.8, 4) is 11.3 Å². The van der Waals surface area contributed by atoms with Crippen molar-refractivity contribution in [3.05, 3.63) is 66.0 Å². The van der Waals surface area contributed by atoms with E-state index in [1.807, 2.05) is 30.3 Å². The normalized spacial score (nSPS) is 10.5. The lowest BCUT2D eigenvalue weighted by Crippen LogP contribution is -2.10. The number of halogens is 1. The molecular weight excluding hydrogens is 319 g/mol. The van der Waals surface area contributed by atoms with E-state index in [2.05, 4.69) is 20.6 Å². The van der Waals surface area contributed by atoms with Crippen LogP contribution >= 0.6 is 0 Å². The van der Waals surface area contributed by atoms with E-state index in [-0.39, 0.29) is 12.4 Å². The standard InChI is InChI=1S/C19H19FN4O/c1-13-7-8-15(11-16(13)20)22-18-12-17(14-5-3-2-4-6-14)23-19(24-18)21-9-10-25/h2-8,11-12,25H,9-10H2,1H3,(H2,21,22,23,24). The van der Waals surface area contributed by atoms with Gasteiger partial charge in [0.15, 0.2) is 0 Å². The summed E-state index contributed by atoms with van der Waals surface area (Å²) in [6.07, 6.45) is 0. The summed E-state index contributed by atoms with van der Waals surface area (Å²) in [6, 6.07) is 16.4. The fourth-order valence-electron chi connectivity index (χ4n) is 2.33. The molecule has 0 fully saturated rings. The largest absolute Gasteiger partial charge is 0.395 e. The summed E-state index contributed by atoms with van der Waals surface area (Å²) in [7, 11) is 0. The third-order valence-corrected chi connectivity index (χ3v) is 3.63. The topological polar surface area (TPSA) is 70.1 Å². The Hall–Kier alpha value is -2.99. The van der Waals surface area contributed by atoms with Crippen molar-refractivity contribution in [1.29, 1.82) is 0 Å². The van der Waals surface area contributed by atoms with Gasteiger partial charge in [-0.1, -0.05) is 36.4 Å². The van der Waals surface area contributed by atoms with Crippen LogP contribution < -0.4 is 10.6 Å². The van der Waals surface area contributed by atoms with Gasteiger partial charge in [-0.3, -0.25) is 0 Å². The number of nitrogens with zero attached hydrogens (tertiary/aromatic N) is 2. The van der Waals surface area contributed by atoms with E-state index in [0.717, 1.165) is 11.3 Å². The van der Waals surface area contributed by atoms with Crippen molar-refractivity contribution in [2.45, 2.75) is 6.92 Å². The number of aromatic nitrogens is 2. The molecule has 0 aliphatic carbocycles. The molecule has 3 N–H and O–H groups in total. The van der Waals surface area contributed by atoms with Crippen LogP contribution in [0.5, 0.6) is 0 Å². The second-order valence-electron chi connectivity index (χ2n) is 5.57. The van der Waals surface area contributed by atoms with Crippen LogP contribution in [-0.2, 0) is 0 Å². The molecular formula is C19H19FN4O. The molecule has 0 bridgehead atoms. The number of aliphatic hydroxyl groups excluding tert-OH is 1. The van der Waals surface area contributed by atoms with Crippen molar-refractivity contribution in [3.63, 3.8) is 0 Å². The maximum atomic E-state index is 13.8. The quantitative estimate of drug-likeness (QED) is 0.639. The minimum absolute atomic E-state index is 0.0230. The lowest BCUT2D eigenvalue weighted by Gasteiger charge is -2.11. The zero-order chi connectivity index (χ0) is 17.6. The molecule has 0 aliphatic heterocycles. The second kappa shape index (κ2) is 7.72. The number of hydrogen-bond donors (Lipinski definition) is 3. The van der Waals surface area contributed by atoms with Gasteiger partial charge >= 0.3 is 0 Å². The summed E-state index contributed by atoms with van der Waals surface area (Å²) in [5.74, 6) is 0.656. The van der Waals surface area contributed by atoms with Crippen molar-refractivity contribution in [2.24, 2.45) is 0 Å². The van der Waals surface area contributed by atoms with Gasteiger partial charge in [0.25, 0.3) is 0 Å². The molecule has 25 heavy (non-hydrogen) atoms. The number of aliphatic hydroxyl groups is 1. The molecule has 5 nitrogen and oxygen atoms in total. The average Bonchev–Trinajstić information content (AvgIpc) is 2.63. The Morgan fingerprint density at radius 3 is 2.56 bits per heavy atom. The van der Waals surface area contributed by atoms with Crippen LogP contribution in [0, 0.1) is 12.7 Å². The first-order valence-electron chi connectivity index (χ1n) is 7.98. The van der Waals surface area contributed by atoms with Crippen LogP contribution in [0.15, 0.2) is 54.6 Å². The lowest BCUT2D eigenvalue weighted by molar-refractivity contribution is 0.311. The number of benzene rings is 2. The molecule has 128 valence electrons. The molecule has 3 rings (SSSR count). The zero-order valence-electron chi connectivity index (χ0n) is 13.8. The van der Waals surface area contributed by atoms with Crippen LogP contribution in [-0.4, -0.2) is 28.2 Å². The summed E-state index contributed by atoms with van der Waals surface area (Å²) in [6.45, 7) is 2.04. The highest BCUT2D eigenvalue weighted by Crippen LogP contribution is 2.24. The monoisotopic (exact) mass is 338 g/mol. The number of nitrogens with one attached hydrogen (secondary N) is 2. The van der Waals surface area contributed by atoms with E-state index >= 15 is 0 Å². The Balaban J connectivity index is 1.95. The van der Waals surface area contributed by atoms with Crippen molar-refractivity contribution >= 4 is 17.5 Å². The van der Waals surface area contributed by atoms with Gasteiger partial charge in [-0.15, -0.1) is 0 Å². The molecule has 2 aromatic carbocycles. The Kier molecular flexibility index (Phi) is 5.20. The SMILES string of the molecule is Cc1ccc(Nc2cc(-c3ccccc3)nc(NCCO)n2)cc1F. The van der Waals surface area contributed by atoms with Crippen LogP contribution in [0.1, 0.15) is 5.56 Å². The van der Waals surface area contributed by atoms with Crippen LogP contribution in [0.25, 0.3) is 11.3 Å². The van der Waals surface area contributed by atoms with Crippen molar-refractivity contribution < 1.29 is 9.50 Å². The fourth-order valence-corrected chi connectivity index (χ4v) is 2.33. The fraction of sp³-hybridized carbons (Fsp3) is 0.158. The molecule has 0 atom stereocenters. The van der Waals surface area contributed by atoms with E-state index in [0.29, 0.717) is 29.6 Å². The number of rotatable bonds is 6. The van der Waals surface area contributed by atoms with Gasteiger partial charge in [-0.25, -0.2) is 9.37 Å². The van der Waals surface area contributed by atoms with Crippen LogP contribution in [0.4, 0.5) is 21.8 Å². The van der Waals surface area contributed by atoms with Crippen LogP contribution in [0.2, 0.25) is 0 Å².